The summed E-state index contributed by atoms with van der Waals surface area (Å²) in [5.74, 6) is -1.56. The number of carbonyl (C=O) groups excluding carboxylic acids is 2. The van der Waals surface area contributed by atoms with Crippen LogP contribution in [0.15, 0.2) is 47.7 Å². The summed E-state index contributed by atoms with van der Waals surface area (Å²) in [4.78, 5) is 37.1. The number of pyridine rings is 1. The van der Waals surface area contributed by atoms with Gasteiger partial charge < -0.3 is 10.4 Å². The second kappa shape index (κ2) is 8.15. The van der Waals surface area contributed by atoms with Gasteiger partial charge in [-0.2, -0.15) is 5.10 Å². The van der Waals surface area contributed by atoms with E-state index >= 15 is 0 Å². The number of nitro benzene ring substituents is 1. The van der Waals surface area contributed by atoms with Crippen molar-refractivity contribution in [2.45, 2.75) is 0 Å². The van der Waals surface area contributed by atoms with Gasteiger partial charge in [-0.25, -0.2) is 5.43 Å². The van der Waals surface area contributed by atoms with Gasteiger partial charge in [0.25, 0.3) is 11.8 Å². The Labute approximate surface area is 141 Å². The molecule has 0 aliphatic carbocycles. The lowest BCUT2D eigenvalue weighted by molar-refractivity contribution is -0.385. The van der Waals surface area contributed by atoms with Crippen LogP contribution in [0.1, 0.15) is 16.1 Å². The van der Waals surface area contributed by atoms with Gasteiger partial charge in [0, 0.05) is 17.8 Å². The Morgan fingerprint density at radius 1 is 1.32 bits per heavy atom. The maximum absolute atomic E-state index is 11.7. The lowest BCUT2D eigenvalue weighted by Crippen LogP contribution is -2.35. The second-order valence-corrected chi connectivity index (χ2v) is 4.70. The average Bonchev–Trinajstić information content (AvgIpc) is 2.61. The molecule has 0 fully saturated rings. The van der Waals surface area contributed by atoms with Gasteiger partial charge in [0.05, 0.1) is 17.7 Å². The largest absolute Gasteiger partial charge is 0.502 e. The summed E-state index contributed by atoms with van der Waals surface area (Å²) in [7, 11) is 0. The van der Waals surface area contributed by atoms with E-state index in [-0.39, 0.29) is 12.2 Å². The number of hydrogen-bond acceptors (Lipinski definition) is 7. The highest BCUT2D eigenvalue weighted by Gasteiger charge is 2.13. The Bertz CT molecular complexity index is 822. The van der Waals surface area contributed by atoms with Gasteiger partial charge in [-0.05, 0) is 24.3 Å². The molecule has 1 heterocycles. The normalized spacial score (nSPS) is 10.4. The molecule has 0 bridgehead atoms. The highest BCUT2D eigenvalue weighted by Crippen LogP contribution is 2.25. The van der Waals surface area contributed by atoms with E-state index in [1.54, 1.807) is 12.1 Å². The lowest BCUT2D eigenvalue weighted by Gasteiger charge is -2.03. The number of nitro groups is 1. The highest BCUT2D eigenvalue weighted by molar-refractivity contribution is 5.94. The first-order valence-electron chi connectivity index (χ1n) is 6.96. The molecule has 0 saturated carbocycles. The van der Waals surface area contributed by atoms with Crippen molar-refractivity contribution >= 4 is 23.7 Å². The third-order valence-electron chi connectivity index (χ3n) is 2.91. The smallest absolute Gasteiger partial charge is 0.311 e. The van der Waals surface area contributed by atoms with E-state index < -0.39 is 28.2 Å². The van der Waals surface area contributed by atoms with Crippen LogP contribution in [0.3, 0.4) is 0 Å². The van der Waals surface area contributed by atoms with Crippen molar-refractivity contribution in [2.24, 2.45) is 5.10 Å². The van der Waals surface area contributed by atoms with Gasteiger partial charge in [-0.1, -0.05) is 6.07 Å². The third-order valence-corrected chi connectivity index (χ3v) is 2.91. The van der Waals surface area contributed by atoms with E-state index in [2.05, 4.69) is 20.8 Å². The van der Waals surface area contributed by atoms with E-state index in [1.807, 2.05) is 0 Å². The van der Waals surface area contributed by atoms with Gasteiger partial charge in [-0.15, -0.1) is 0 Å². The molecular weight excluding hydrogens is 330 g/mol. The highest BCUT2D eigenvalue weighted by atomic mass is 16.6. The first-order valence-corrected chi connectivity index (χ1v) is 6.96. The van der Waals surface area contributed by atoms with Crippen molar-refractivity contribution in [3.8, 4) is 5.75 Å². The molecule has 1 aromatic heterocycles. The van der Waals surface area contributed by atoms with E-state index in [4.69, 9.17) is 0 Å². The molecule has 1 aromatic carbocycles. The number of nitrogens with zero attached hydrogens (tertiary/aromatic N) is 3. The summed E-state index contributed by atoms with van der Waals surface area (Å²) >= 11 is 0. The number of rotatable bonds is 6. The predicted octanol–water partition coefficient (Wildman–Crippen LogP) is 0.575. The lowest BCUT2D eigenvalue weighted by atomic mass is 10.2. The predicted molar refractivity (Wildman–Crippen MR) is 87.1 cm³/mol. The average molecular weight is 343 g/mol. The van der Waals surface area contributed by atoms with Crippen molar-refractivity contribution in [3.05, 3.63) is 64.0 Å². The minimum absolute atomic E-state index is 0.176. The first-order chi connectivity index (χ1) is 12.0. The maximum Gasteiger partial charge on any atom is 0.311 e. The molecule has 0 unspecified atom stereocenters. The van der Waals surface area contributed by atoms with E-state index in [0.29, 0.717) is 5.56 Å². The molecule has 0 aliphatic heterocycles. The van der Waals surface area contributed by atoms with E-state index in [9.17, 15) is 24.8 Å². The number of hydrazone groups is 1. The third kappa shape index (κ3) is 5.10. The van der Waals surface area contributed by atoms with Gasteiger partial charge >= 0.3 is 5.69 Å². The van der Waals surface area contributed by atoms with Crippen LogP contribution in [0.4, 0.5) is 5.69 Å². The molecular formula is C15H13N5O5. The molecule has 0 spiro atoms. The first kappa shape index (κ1) is 17.5. The number of nitrogens with one attached hydrogen (secondary N) is 2. The molecule has 2 amide bonds. The van der Waals surface area contributed by atoms with Crippen LogP contribution in [0.2, 0.25) is 0 Å². The Morgan fingerprint density at radius 2 is 2.12 bits per heavy atom. The van der Waals surface area contributed by atoms with E-state index in [1.165, 1.54) is 24.5 Å². The number of amides is 2. The number of benzene rings is 1. The summed E-state index contributed by atoms with van der Waals surface area (Å²) < 4.78 is 0. The SMILES string of the molecule is O=C(CNC(=O)c1ccccn1)N/N=C\c1ccc(O)c([N+](=O)[O-])c1. The number of aromatic nitrogens is 1. The zero-order valence-corrected chi connectivity index (χ0v) is 12.7. The summed E-state index contributed by atoms with van der Waals surface area (Å²) in [6, 6.07) is 8.45. The van der Waals surface area contributed by atoms with Crippen LogP contribution in [-0.4, -0.2) is 39.6 Å². The van der Waals surface area contributed by atoms with Crippen molar-refractivity contribution in [3.63, 3.8) is 0 Å². The van der Waals surface area contributed by atoms with Gasteiger partial charge in [0.15, 0.2) is 5.75 Å². The fourth-order valence-electron chi connectivity index (χ4n) is 1.73. The number of aromatic hydroxyl groups is 1. The molecule has 25 heavy (non-hydrogen) atoms. The quantitative estimate of drug-likeness (QED) is 0.397. The van der Waals surface area contributed by atoms with Crippen LogP contribution in [0, 0.1) is 10.1 Å². The van der Waals surface area contributed by atoms with Crippen LogP contribution in [0.25, 0.3) is 0 Å². The van der Waals surface area contributed by atoms with Gasteiger partial charge in [0.2, 0.25) is 0 Å². The molecule has 0 saturated heterocycles. The van der Waals surface area contributed by atoms with Crippen molar-refractivity contribution in [2.75, 3.05) is 6.54 Å². The van der Waals surface area contributed by atoms with E-state index in [0.717, 1.165) is 12.1 Å². The monoisotopic (exact) mass is 343 g/mol. The van der Waals surface area contributed by atoms with Crippen LogP contribution < -0.4 is 10.7 Å². The maximum atomic E-state index is 11.7. The molecule has 10 nitrogen and oxygen atoms in total. The van der Waals surface area contributed by atoms with Gasteiger partial charge in [0.1, 0.15) is 5.69 Å². The standard InChI is InChI=1S/C15H13N5O5/c21-13-5-4-10(7-12(13)20(24)25)8-18-19-14(22)9-17-15(23)11-3-1-2-6-16-11/h1-8,21H,9H2,(H,17,23)(H,19,22)/b18-8-. The topological polar surface area (TPSA) is 147 Å². The minimum atomic E-state index is -0.738. The number of hydrogen-bond donors (Lipinski definition) is 3. The van der Waals surface area contributed by atoms with Crippen LogP contribution in [-0.2, 0) is 4.79 Å². The fraction of sp³-hybridized carbons (Fsp3) is 0.0667. The molecule has 128 valence electrons. The summed E-state index contributed by atoms with van der Waals surface area (Å²) in [5.41, 5.74) is 2.17. The van der Waals surface area contributed by atoms with Crippen LogP contribution in [0.5, 0.6) is 5.75 Å². The number of carbonyl (C=O) groups is 2. The molecule has 0 atom stereocenters. The molecule has 3 N–H and O–H groups in total. The Hall–Kier alpha value is -3.82. The summed E-state index contributed by atoms with van der Waals surface area (Å²) in [6.07, 6.45) is 2.63. The summed E-state index contributed by atoms with van der Waals surface area (Å²) in [6.45, 7) is -0.317. The number of phenolic OH excluding ortho intramolecular Hbond substituents is 1. The molecule has 0 aliphatic rings. The van der Waals surface area contributed by atoms with Crippen LogP contribution >= 0.6 is 0 Å². The Kier molecular flexibility index (Phi) is 5.72. The zero-order chi connectivity index (χ0) is 18.2. The number of phenols is 1. The molecule has 2 rings (SSSR count). The Morgan fingerprint density at radius 3 is 2.80 bits per heavy atom. The minimum Gasteiger partial charge on any atom is -0.502 e. The molecule has 10 heteroatoms. The van der Waals surface area contributed by atoms with Gasteiger partial charge in [-0.3, -0.25) is 24.7 Å². The van der Waals surface area contributed by atoms with Crippen molar-refractivity contribution in [1.29, 1.82) is 0 Å². The Balaban J connectivity index is 1.85. The zero-order valence-electron chi connectivity index (χ0n) is 12.7. The van der Waals surface area contributed by atoms with Crippen molar-refractivity contribution < 1.29 is 19.6 Å². The molecule has 2 aromatic rings. The second-order valence-electron chi connectivity index (χ2n) is 4.70. The summed E-state index contributed by atoms with van der Waals surface area (Å²) in [5, 5.41) is 26.0. The van der Waals surface area contributed by atoms with Crippen molar-refractivity contribution in [1.82, 2.24) is 15.7 Å². The fourth-order valence-corrected chi connectivity index (χ4v) is 1.73. The molecule has 0 radical (unpaired) electrons.